The van der Waals surface area contributed by atoms with Crippen molar-refractivity contribution in [1.82, 2.24) is 10.2 Å². The highest BCUT2D eigenvalue weighted by Crippen LogP contribution is 2.27. The molecule has 8 nitrogen and oxygen atoms in total. The Morgan fingerprint density at radius 3 is 2.37 bits per heavy atom. The van der Waals surface area contributed by atoms with E-state index in [-0.39, 0.29) is 32.7 Å². The van der Waals surface area contributed by atoms with E-state index in [4.69, 9.17) is 68.6 Å². The summed E-state index contributed by atoms with van der Waals surface area (Å²) in [5.41, 5.74) is 1.57. The molecular formula is C25H26B2Cl3N3O5S3. The van der Waals surface area contributed by atoms with Crippen molar-refractivity contribution < 1.29 is 24.5 Å². The van der Waals surface area contributed by atoms with Crippen LogP contribution in [0.5, 0.6) is 11.5 Å². The number of anilines is 1. The molecule has 0 aromatic heterocycles. The standard InChI is InChI=1S/C25H26B2Cl3N3O5S3/c1-33(2)9-10-41-25(40)32-22-12-19(20(28)13-21(22)29)27(36)38-17-7-4-6-16(11-17)37-24(39)31-14-15-5-3-8-18(23(15)30)26(34)35/h3-8,11-13,34-36H,9-10,14H2,1-2H3,(H,31,39)(H,32,40). The minimum absolute atomic E-state index is 0.0459. The summed E-state index contributed by atoms with van der Waals surface area (Å²) in [4.78, 5) is 2.06. The SMILES string of the molecule is CN(C)CCSC(=S)Nc1cc(B(O)Oc2cccc(OC(=S)NCc3cccc(B(O)O)c3Cl)c2)c(Cl)cc1Cl. The molecule has 0 radical (unpaired) electrons. The average Bonchev–Trinajstić information content (AvgIpc) is 2.89. The quantitative estimate of drug-likeness (QED) is 0.153. The van der Waals surface area contributed by atoms with E-state index in [0.29, 0.717) is 32.1 Å². The average molecular weight is 673 g/mol. The van der Waals surface area contributed by atoms with E-state index >= 15 is 0 Å². The summed E-state index contributed by atoms with van der Waals surface area (Å²) in [5, 5.41) is 36.5. The molecule has 0 fully saturated rings. The lowest BCUT2D eigenvalue weighted by Crippen LogP contribution is -2.37. The van der Waals surface area contributed by atoms with Gasteiger partial charge in [-0.1, -0.05) is 83.0 Å². The summed E-state index contributed by atoms with van der Waals surface area (Å²) in [6.07, 6.45) is 0. The zero-order valence-corrected chi connectivity index (χ0v) is 26.7. The molecule has 0 heterocycles. The number of ether oxygens (including phenoxy) is 1. The lowest BCUT2D eigenvalue weighted by atomic mass is 9.79. The summed E-state index contributed by atoms with van der Waals surface area (Å²) in [7, 11) is 0.853. The third kappa shape index (κ3) is 10.5. The first-order chi connectivity index (χ1) is 19.4. The number of rotatable bonds is 11. The molecule has 0 bridgehead atoms. The van der Waals surface area contributed by atoms with Gasteiger partial charge in [-0.15, -0.1) is 0 Å². The number of thioether (sulfide) groups is 1. The smallest absolute Gasteiger partial charge is 0.532 e. The van der Waals surface area contributed by atoms with Crippen molar-refractivity contribution in [2.75, 3.05) is 31.7 Å². The Labute approximate surface area is 269 Å². The molecule has 0 aliphatic carbocycles. The summed E-state index contributed by atoms with van der Waals surface area (Å²) in [6, 6.07) is 14.5. The van der Waals surface area contributed by atoms with Gasteiger partial charge in [0.1, 0.15) is 15.8 Å². The van der Waals surface area contributed by atoms with E-state index < -0.39 is 14.2 Å². The molecule has 3 aromatic carbocycles. The fourth-order valence-electron chi connectivity index (χ4n) is 3.37. The van der Waals surface area contributed by atoms with Crippen molar-refractivity contribution in [3.63, 3.8) is 0 Å². The summed E-state index contributed by atoms with van der Waals surface area (Å²) < 4.78 is 11.9. The molecule has 16 heteroatoms. The van der Waals surface area contributed by atoms with Crippen LogP contribution in [-0.4, -0.2) is 70.1 Å². The summed E-state index contributed by atoms with van der Waals surface area (Å²) >= 11 is 31.1. The van der Waals surface area contributed by atoms with Crippen LogP contribution in [0.15, 0.2) is 54.6 Å². The highest BCUT2D eigenvalue weighted by molar-refractivity contribution is 8.23. The lowest BCUT2D eigenvalue weighted by molar-refractivity contribution is 0.425. The van der Waals surface area contributed by atoms with Crippen molar-refractivity contribution >= 4 is 111 Å². The number of benzene rings is 3. The minimum Gasteiger partial charge on any atom is -0.532 e. The van der Waals surface area contributed by atoms with Gasteiger partial charge in [0.2, 0.25) is 0 Å². The second-order valence-corrected chi connectivity index (χ2v) is 12.1. The molecule has 0 aliphatic heterocycles. The Kier molecular flexibility index (Phi) is 13.3. The second kappa shape index (κ2) is 16.2. The number of thiocarbonyl (C=S) groups is 2. The van der Waals surface area contributed by atoms with Gasteiger partial charge >= 0.3 is 14.2 Å². The molecule has 3 aromatic rings. The molecule has 0 saturated heterocycles. The predicted octanol–water partition coefficient (Wildman–Crippen LogP) is 3.54. The van der Waals surface area contributed by atoms with Gasteiger partial charge in [0.05, 0.1) is 10.7 Å². The number of hydrogen-bond donors (Lipinski definition) is 5. The van der Waals surface area contributed by atoms with Crippen molar-refractivity contribution in [1.29, 1.82) is 0 Å². The Hall–Kier alpha value is -1.77. The normalized spacial score (nSPS) is 10.8. The van der Waals surface area contributed by atoms with Crippen LogP contribution in [0.25, 0.3) is 0 Å². The van der Waals surface area contributed by atoms with E-state index in [1.807, 2.05) is 14.1 Å². The number of halogens is 3. The first kappa shape index (κ1) is 33.7. The van der Waals surface area contributed by atoms with Crippen LogP contribution in [0.4, 0.5) is 5.69 Å². The van der Waals surface area contributed by atoms with Crippen LogP contribution >= 0.6 is 71.0 Å². The van der Waals surface area contributed by atoms with E-state index in [0.717, 1.165) is 12.3 Å². The fraction of sp³-hybridized carbons (Fsp3) is 0.200. The van der Waals surface area contributed by atoms with Gasteiger partial charge in [-0.2, -0.15) is 0 Å². The second-order valence-electron chi connectivity index (χ2n) is 8.80. The van der Waals surface area contributed by atoms with Crippen molar-refractivity contribution in [2.24, 2.45) is 0 Å². The molecular weight excluding hydrogens is 646 g/mol. The number of hydrogen-bond acceptors (Lipinski definition) is 9. The maximum atomic E-state index is 10.8. The molecule has 0 atom stereocenters. The van der Waals surface area contributed by atoms with Crippen molar-refractivity contribution in [3.8, 4) is 11.5 Å². The third-order valence-electron chi connectivity index (χ3n) is 5.43. The summed E-state index contributed by atoms with van der Waals surface area (Å²) in [6.45, 7) is 1.05. The Balaban J connectivity index is 1.62. The van der Waals surface area contributed by atoms with Gasteiger partial charge in [-0.25, -0.2) is 0 Å². The summed E-state index contributed by atoms with van der Waals surface area (Å²) in [5.74, 6) is 1.44. The zero-order chi connectivity index (χ0) is 30.1. The van der Waals surface area contributed by atoms with E-state index in [1.165, 1.54) is 23.9 Å². The zero-order valence-electron chi connectivity index (χ0n) is 21.9. The van der Waals surface area contributed by atoms with Crippen LogP contribution in [-0.2, 0) is 6.54 Å². The van der Waals surface area contributed by atoms with E-state index in [2.05, 4.69) is 15.5 Å². The van der Waals surface area contributed by atoms with Gasteiger partial charge in [-0.3, -0.25) is 0 Å². The molecule has 5 N–H and O–H groups in total. The van der Waals surface area contributed by atoms with E-state index in [9.17, 15) is 15.1 Å². The number of nitrogens with one attached hydrogen (secondary N) is 2. The fourth-order valence-corrected chi connectivity index (χ4v) is 5.53. The molecule has 0 aliphatic rings. The highest BCUT2D eigenvalue weighted by atomic mass is 35.5. The highest BCUT2D eigenvalue weighted by Gasteiger charge is 2.25. The van der Waals surface area contributed by atoms with Crippen LogP contribution in [0, 0.1) is 0 Å². The van der Waals surface area contributed by atoms with Crippen LogP contribution in [0.1, 0.15) is 5.56 Å². The predicted molar refractivity (Wildman–Crippen MR) is 180 cm³/mol. The van der Waals surface area contributed by atoms with Crippen molar-refractivity contribution in [3.05, 3.63) is 75.2 Å². The molecule has 0 unspecified atom stereocenters. The first-order valence-electron chi connectivity index (χ1n) is 12.1. The Bertz CT molecular complexity index is 1390. The van der Waals surface area contributed by atoms with Gasteiger partial charge in [0.15, 0.2) is 0 Å². The van der Waals surface area contributed by atoms with E-state index in [1.54, 1.807) is 42.5 Å². The van der Waals surface area contributed by atoms with Gasteiger partial charge in [0.25, 0.3) is 5.17 Å². The Morgan fingerprint density at radius 1 is 0.951 bits per heavy atom. The van der Waals surface area contributed by atoms with Crippen molar-refractivity contribution in [2.45, 2.75) is 6.54 Å². The largest absolute Gasteiger partial charge is 0.561 e. The third-order valence-corrected chi connectivity index (χ3v) is 7.97. The topological polar surface area (TPSA) is 106 Å². The van der Waals surface area contributed by atoms with Crippen LogP contribution in [0.2, 0.25) is 15.1 Å². The molecule has 0 amide bonds. The first-order valence-corrected chi connectivity index (χ1v) is 15.0. The van der Waals surface area contributed by atoms with Gasteiger partial charge < -0.3 is 40.0 Å². The molecule has 41 heavy (non-hydrogen) atoms. The monoisotopic (exact) mass is 671 g/mol. The molecule has 216 valence electrons. The number of nitrogens with zero attached hydrogens (tertiary/aromatic N) is 1. The Morgan fingerprint density at radius 2 is 1.66 bits per heavy atom. The van der Waals surface area contributed by atoms with Gasteiger partial charge in [-0.05, 0) is 56.1 Å². The van der Waals surface area contributed by atoms with Crippen LogP contribution < -0.4 is 31.0 Å². The maximum absolute atomic E-state index is 10.8. The van der Waals surface area contributed by atoms with Gasteiger partial charge in [0, 0.05) is 45.9 Å². The lowest BCUT2D eigenvalue weighted by Gasteiger charge is -2.16. The minimum atomic E-state index is -1.69. The molecule has 3 rings (SSSR count). The molecule has 0 spiro atoms. The van der Waals surface area contributed by atoms with Crippen LogP contribution in [0.3, 0.4) is 0 Å². The maximum Gasteiger partial charge on any atom is 0.561 e. The molecule has 0 saturated carbocycles.